The molecule has 0 unspecified atom stereocenters. The normalized spacial score (nSPS) is 10.1. The van der Waals surface area contributed by atoms with Crippen LogP contribution in [0.3, 0.4) is 0 Å². The highest BCUT2D eigenvalue weighted by Crippen LogP contribution is 2.15. The Morgan fingerprint density at radius 3 is 2.44 bits per heavy atom. The van der Waals surface area contributed by atoms with Gasteiger partial charge in [-0.15, -0.1) is 0 Å². The van der Waals surface area contributed by atoms with E-state index in [9.17, 15) is 4.79 Å². The molecule has 2 aromatic rings. The molecule has 0 aliphatic carbocycles. The zero-order chi connectivity index (χ0) is 11.5. The maximum absolute atomic E-state index is 12.2. The summed E-state index contributed by atoms with van der Waals surface area (Å²) in [5, 5.41) is 0. The number of hydrogen-bond donors (Lipinski definition) is 0. The molecule has 0 aliphatic heterocycles. The van der Waals surface area contributed by atoms with Gasteiger partial charge in [-0.2, -0.15) is 0 Å². The van der Waals surface area contributed by atoms with Gasteiger partial charge in [0.15, 0.2) is 5.78 Å². The minimum atomic E-state index is 0.0364. The van der Waals surface area contributed by atoms with Crippen molar-refractivity contribution >= 4 is 5.78 Å². The van der Waals surface area contributed by atoms with E-state index in [0.717, 1.165) is 11.1 Å². The van der Waals surface area contributed by atoms with E-state index in [0.29, 0.717) is 11.1 Å². The Balaban J connectivity index is 2.46. The van der Waals surface area contributed by atoms with Crippen LogP contribution in [0.2, 0.25) is 0 Å². The number of carbonyl (C=O) groups excluding carboxylic acids is 1. The molecule has 1 nitrogen and oxygen atoms in total. The van der Waals surface area contributed by atoms with Crippen LogP contribution in [-0.4, -0.2) is 5.78 Å². The monoisotopic (exact) mass is 209 g/mol. The van der Waals surface area contributed by atoms with Crippen molar-refractivity contribution in [2.24, 2.45) is 0 Å². The van der Waals surface area contributed by atoms with Crippen LogP contribution in [0, 0.1) is 13.8 Å². The maximum Gasteiger partial charge on any atom is 0.193 e. The highest BCUT2D eigenvalue weighted by atomic mass is 16.1. The van der Waals surface area contributed by atoms with Gasteiger partial charge in [0.05, 0.1) is 0 Å². The summed E-state index contributed by atoms with van der Waals surface area (Å²) in [5.41, 5.74) is 3.25. The average Bonchev–Trinajstić information content (AvgIpc) is 2.32. The lowest BCUT2D eigenvalue weighted by Gasteiger charge is -2.05. The number of hydrogen-bond acceptors (Lipinski definition) is 1. The Morgan fingerprint density at radius 2 is 1.75 bits per heavy atom. The first kappa shape index (κ1) is 10.6. The first-order chi connectivity index (χ1) is 7.68. The fourth-order valence-corrected chi connectivity index (χ4v) is 1.65. The van der Waals surface area contributed by atoms with E-state index in [1.165, 1.54) is 0 Å². The van der Waals surface area contributed by atoms with Crippen molar-refractivity contribution in [1.82, 2.24) is 0 Å². The molecule has 16 heavy (non-hydrogen) atoms. The molecular formula is C15H13O. The molecule has 0 bridgehead atoms. The summed E-state index contributed by atoms with van der Waals surface area (Å²) in [6.45, 7) is 5.86. The maximum atomic E-state index is 12.2. The van der Waals surface area contributed by atoms with Crippen LogP contribution in [-0.2, 0) is 0 Å². The summed E-state index contributed by atoms with van der Waals surface area (Å²) >= 11 is 0. The molecule has 0 aromatic heterocycles. The average molecular weight is 209 g/mol. The van der Waals surface area contributed by atoms with Crippen LogP contribution in [0.4, 0.5) is 0 Å². The van der Waals surface area contributed by atoms with Crippen molar-refractivity contribution in [2.45, 2.75) is 6.92 Å². The van der Waals surface area contributed by atoms with Crippen molar-refractivity contribution in [3.8, 4) is 0 Å². The molecule has 2 rings (SSSR count). The molecular weight excluding hydrogens is 196 g/mol. The first-order valence-corrected chi connectivity index (χ1v) is 5.21. The van der Waals surface area contributed by atoms with E-state index in [1.807, 2.05) is 55.5 Å². The quantitative estimate of drug-likeness (QED) is 0.693. The van der Waals surface area contributed by atoms with E-state index >= 15 is 0 Å². The van der Waals surface area contributed by atoms with Gasteiger partial charge in [-0.25, -0.2) is 0 Å². The van der Waals surface area contributed by atoms with Crippen molar-refractivity contribution in [3.05, 3.63) is 77.7 Å². The third-order valence-corrected chi connectivity index (χ3v) is 2.55. The molecule has 0 heterocycles. The van der Waals surface area contributed by atoms with Gasteiger partial charge >= 0.3 is 0 Å². The molecule has 79 valence electrons. The predicted molar refractivity (Wildman–Crippen MR) is 65.5 cm³/mol. The lowest BCUT2D eigenvalue weighted by molar-refractivity contribution is 0.103. The Labute approximate surface area is 95.7 Å². The topological polar surface area (TPSA) is 17.1 Å². The van der Waals surface area contributed by atoms with E-state index in [2.05, 4.69) is 6.92 Å². The smallest absolute Gasteiger partial charge is 0.193 e. The summed E-state index contributed by atoms with van der Waals surface area (Å²) in [6, 6.07) is 15.0. The Morgan fingerprint density at radius 1 is 1.06 bits per heavy atom. The van der Waals surface area contributed by atoms with Crippen LogP contribution < -0.4 is 0 Å². The second-order valence-electron chi connectivity index (χ2n) is 3.86. The van der Waals surface area contributed by atoms with Gasteiger partial charge in [0.2, 0.25) is 0 Å². The SMILES string of the molecule is [CH2]c1ccc(C)cc1C(=O)c1ccccc1. The van der Waals surface area contributed by atoms with E-state index < -0.39 is 0 Å². The van der Waals surface area contributed by atoms with Crippen molar-refractivity contribution in [2.75, 3.05) is 0 Å². The van der Waals surface area contributed by atoms with Crippen molar-refractivity contribution in [3.63, 3.8) is 0 Å². The summed E-state index contributed by atoms with van der Waals surface area (Å²) in [7, 11) is 0. The molecule has 0 fully saturated rings. The van der Waals surface area contributed by atoms with Gasteiger partial charge in [0.25, 0.3) is 0 Å². The van der Waals surface area contributed by atoms with E-state index in [4.69, 9.17) is 0 Å². The van der Waals surface area contributed by atoms with Gasteiger partial charge < -0.3 is 0 Å². The van der Waals surface area contributed by atoms with Crippen LogP contribution in [0.5, 0.6) is 0 Å². The largest absolute Gasteiger partial charge is 0.289 e. The highest BCUT2D eigenvalue weighted by Gasteiger charge is 2.10. The van der Waals surface area contributed by atoms with Crippen LogP contribution >= 0.6 is 0 Å². The van der Waals surface area contributed by atoms with Gasteiger partial charge in [0, 0.05) is 11.1 Å². The zero-order valence-electron chi connectivity index (χ0n) is 9.23. The number of benzene rings is 2. The predicted octanol–water partition coefficient (Wildman–Crippen LogP) is 3.41. The van der Waals surface area contributed by atoms with Crippen LogP contribution in [0.1, 0.15) is 27.0 Å². The second kappa shape index (κ2) is 4.31. The molecule has 0 aliphatic rings. The number of rotatable bonds is 2. The van der Waals surface area contributed by atoms with E-state index in [1.54, 1.807) is 0 Å². The fourth-order valence-electron chi connectivity index (χ4n) is 1.65. The van der Waals surface area contributed by atoms with Crippen molar-refractivity contribution in [1.29, 1.82) is 0 Å². The third-order valence-electron chi connectivity index (χ3n) is 2.55. The van der Waals surface area contributed by atoms with Gasteiger partial charge in [0.1, 0.15) is 0 Å². The lowest BCUT2D eigenvalue weighted by Crippen LogP contribution is -2.03. The standard InChI is InChI=1S/C15H13O/c1-11-8-9-12(2)14(10-11)15(16)13-6-4-3-5-7-13/h3-10H,2H2,1H3. The fraction of sp³-hybridized carbons (Fsp3) is 0.0667. The molecule has 0 atom stereocenters. The lowest BCUT2D eigenvalue weighted by atomic mass is 9.97. The summed E-state index contributed by atoms with van der Waals surface area (Å²) in [5.74, 6) is 0.0364. The van der Waals surface area contributed by atoms with E-state index in [-0.39, 0.29) is 5.78 Å². The Hall–Kier alpha value is -1.89. The second-order valence-corrected chi connectivity index (χ2v) is 3.86. The minimum Gasteiger partial charge on any atom is -0.289 e. The molecule has 0 spiro atoms. The van der Waals surface area contributed by atoms with Gasteiger partial charge in [-0.3, -0.25) is 4.79 Å². The molecule has 0 N–H and O–H groups in total. The summed E-state index contributed by atoms with van der Waals surface area (Å²) in [4.78, 5) is 12.2. The molecule has 1 heteroatoms. The summed E-state index contributed by atoms with van der Waals surface area (Å²) < 4.78 is 0. The van der Waals surface area contributed by atoms with Gasteiger partial charge in [-0.05, 0) is 25.5 Å². The third kappa shape index (κ3) is 2.03. The zero-order valence-corrected chi connectivity index (χ0v) is 9.23. The van der Waals surface area contributed by atoms with Gasteiger partial charge in [-0.1, -0.05) is 48.0 Å². The van der Waals surface area contributed by atoms with Crippen molar-refractivity contribution < 1.29 is 4.79 Å². The Bertz CT molecular complexity index is 512. The molecule has 1 radical (unpaired) electrons. The highest BCUT2D eigenvalue weighted by molar-refractivity contribution is 6.10. The molecule has 0 saturated heterocycles. The Kier molecular flexibility index (Phi) is 2.86. The first-order valence-electron chi connectivity index (χ1n) is 5.21. The number of ketones is 1. The molecule has 0 saturated carbocycles. The van der Waals surface area contributed by atoms with Crippen LogP contribution in [0.15, 0.2) is 48.5 Å². The summed E-state index contributed by atoms with van der Waals surface area (Å²) in [6.07, 6.45) is 0. The number of carbonyl (C=O) groups is 1. The molecule has 2 aromatic carbocycles. The van der Waals surface area contributed by atoms with Crippen LogP contribution in [0.25, 0.3) is 0 Å². The molecule has 0 amide bonds. The number of aryl methyl sites for hydroxylation is 1. The minimum absolute atomic E-state index is 0.0364.